The van der Waals surface area contributed by atoms with Gasteiger partial charge in [-0.1, -0.05) is 15.9 Å². The van der Waals surface area contributed by atoms with Gasteiger partial charge >= 0.3 is 0 Å². The maximum Gasteiger partial charge on any atom is 0.226 e. The summed E-state index contributed by atoms with van der Waals surface area (Å²) in [6.07, 6.45) is 2.76. The van der Waals surface area contributed by atoms with Crippen molar-refractivity contribution in [2.75, 3.05) is 18.5 Å². The number of carbonyl (C=O) groups excluding carboxylic acids is 1. The fourth-order valence-electron chi connectivity index (χ4n) is 2.24. The first-order valence-corrected chi connectivity index (χ1v) is 5.84. The van der Waals surface area contributed by atoms with Crippen LogP contribution in [0, 0.1) is 5.41 Å². The van der Waals surface area contributed by atoms with Crippen LogP contribution in [0.4, 0.5) is 0 Å². The molecule has 0 aliphatic carbocycles. The van der Waals surface area contributed by atoms with E-state index < -0.39 is 0 Å². The summed E-state index contributed by atoms with van der Waals surface area (Å²) in [5.41, 5.74) is -0.101. The Morgan fingerprint density at radius 1 is 1.54 bits per heavy atom. The summed E-state index contributed by atoms with van der Waals surface area (Å²) in [4.78, 5) is 11.7. The van der Waals surface area contributed by atoms with Crippen LogP contribution in [0.1, 0.15) is 19.3 Å². The third-order valence-electron chi connectivity index (χ3n) is 3.09. The van der Waals surface area contributed by atoms with Gasteiger partial charge in [0, 0.05) is 24.6 Å². The van der Waals surface area contributed by atoms with Crippen molar-refractivity contribution >= 4 is 21.8 Å². The smallest absolute Gasteiger partial charge is 0.226 e. The fourth-order valence-corrected chi connectivity index (χ4v) is 2.63. The number of rotatable bonds is 1. The Morgan fingerprint density at radius 2 is 2.23 bits per heavy atom. The van der Waals surface area contributed by atoms with E-state index in [-0.39, 0.29) is 11.3 Å². The van der Waals surface area contributed by atoms with Crippen LogP contribution in [0.2, 0.25) is 0 Å². The summed E-state index contributed by atoms with van der Waals surface area (Å²) in [7, 11) is 0. The van der Waals surface area contributed by atoms with E-state index in [2.05, 4.69) is 21.2 Å². The molecule has 1 amide bonds. The van der Waals surface area contributed by atoms with Gasteiger partial charge in [0.15, 0.2) is 0 Å². The highest BCUT2D eigenvalue weighted by molar-refractivity contribution is 9.09. The zero-order chi connectivity index (χ0) is 9.31. The molecule has 2 rings (SSSR count). The van der Waals surface area contributed by atoms with E-state index in [1.54, 1.807) is 0 Å². The SMILES string of the molecule is O=C1NC(CBr)CC12CCOCC2. The van der Waals surface area contributed by atoms with Crippen LogP contribution in [0.15, 0.2) is 0 Å². The molecule has 1 N–H and O–H groups in total. The van der Waals surface area contributed by atoms with E-state index in [1.807, 2.05) is 0 Å². The third-order valence-corrected chi connectivity index (χ3v) is 3.87. The van der Waals surface area contributed by atoms with Crippen LogP contribution in [-0.4, -0.2) is 30.5 Å². The van der Waals surface area contributed by atoms with Crippen LogP contribution in [0.25, 0.3) is 0 Å². The number of ether oxygens (including phenoxy) is 1. The van der Waals surface area contributed by atoms with Crippen molar-refractivity contribution in [2.24, 2.45) is 5.41 Å². The molecule has 1 atom stereocenters. The highest BCUT2D eigenvalue weighted by atomic mass is 79.9. The first-order valence-electron chi connectivity index (χ1n) is 4.71. The predicted octanol–water partition coefficient (Wildman–Crippen LogP) is 1.07. The number of hydrogen-bond acceptors (Lipinski definition) is 2. The monoisotopic (exact) mass is 247 g/mol. The van der Waals surface area contributed by atoms with E-state index in [9.17, 15) is 4.79 Å². The lowest BCUT2D eigenvalue weighted by Gasteiger charge is -2.30. The summed E-state index contributed by atoms with van der Waals surface area (Å²) in [6.45, 7) is 1.48. The van der Waals surface area contributed by atoms with E-state index in [0.717, 1.165) is 37.8 Å². The van der Waals surface area contributed by atoms with E-state index in [1.165, 1.54) is 0 Å². The molecule has 74 valence electrons. The molecule has 0 bridgehead atoms. The standard InChI is InChI=1S/C9H14BrNO2/c10-6-7-5-9(8(12)11-7)1-3-13-4-2-9/h7H,1-6H2,(H,11,12). The molecule has 0 aromatic carbocycles. The first-order chi connectivity index (χ1) is 6.27. The molecule has 4 heteroatoms. The lowest BCUT2D eigenvalue weighted by Crippen LogP contribution is -2.36. The van der Waals surface area contributed by atoms with Gasteiger partial charge in [-0.3, -0.25) is 4.79 Å². The molecular weight excluding hydrogens is 234 g/mol. The van der Waals surface area contributed by atoms with Crippen molar-refractivity contribution in [3.63, 3.8) is 0 Å². The Hall–Kier alpha value is -0.0900. The highest BCUT2D eigenvalue weighted by Gasteiger charge is 2.46. The van der Waals surface area contributed by atoms with Crippen LogP contribution in [-0.2, 0) is 9.53 Å². The number of amides is 1. The molecule has 1 unspecified atom stereocenters. The van der Waals surface area contributed by atoms with Crippen molar-refractivity contribution in [3.05, 3.63) is 0 Å². The Morgan fingerprint density at radius 3 is 2.77 bits per heavy atom. The van der Waals surface area contributed by atoms with Crippen LogP contribution < -0.4 is 5.32 Å². The van der Waals surface area contributed by atoms with Gasteiger partial charge in [0.25, 0.3) is 0 Å². The molecule has 0 aromatic heterocycles. The van der Waals surface area contributed by atoms with E-state index >= 15 is 0 Å². The zero-order valence-electron chi connectivity index (χ0n) is 7.51. The minimum Gasteiger partial charge on any atom is -0.381 e. The fraction of sp³-hybridized carbons (Fsp3) is 0.889. The third kappa shape index (κ3) is 1.62. The highest BCUT2D eigenvalue weighted by Crippen LogP contribution is 2.39. The van der Waals surface area contributed by atoms with Crippen LogP contribution in [0.3, 0.4) is 0 Å². The van der Waals surface area contributed by atoms with Crippen LogP contribution in [0.5, 0.6) is 0 Å². The predicted molar refractivity (Wildman–Crippen MR) is 52.8 cm³/mol. The second-order valence-electron chi connectivity index (χ2n) is 3.92. The van der Waals surface area contributed by atoms with Gasteiger partial charge in [0.2, 0.25) is 5.91 Å². The van der Waals surface area contributed by atoms with Crippen molar-refractivity contribution in [2.45, 2.75) is 25.3 Å². The first kappa shape index (κ1) is 9.46. The topological polar surface area (TPSA) is 38.3 Å². The van der Waals surface area contributed by atoms with Crippen LogP contribution >= 0.6 is 15.9 Å². The minimum absolute atomic E-state index is 0.101. The Balaban J connectivity index is 2.08. The number of alkyl halides is 1. The Kier molecular flexibility index (Phi) is 2.60. The van der Waals surface area contributed by atoms with Crippen molar-refractivity contribution in [3.8, 4) is 0 Å². The zero-order valence-corrected chi connectivity index (χ0v) is 9.10. The Labute approximate surface area is 86.3 Å². The molecule has 2 heterocycles. The summed E-state index contributed by atoms with van der Waals surface area (Å²) in [5, 5.41) is 3.89. The summed E-state index contributed by atoms with van der Waals surface area (Å²) in [6, 6.07) is 0.325. The number of hydrogen-bond donors (Lipinski definition) is 1. The van der Waals surface area contributed by atoms with Crippen molar-refractivity contribution < 1.29 is 9.53 Å². The van der Waals surface area contributed by atoms with Gasteiger partial charge in [0.05, 0.1) is 5.41 Å². The summed E-state index contributed by atoms with van der Waals surface area (Å²) < 4.78 is 5.28. The summed E-state index contributed by atoms with van der Waals surface area (Å²) in [5.74, 6) is 0.236. The number of halogens is 1. The van der Waals surface area contributed by atoms with E-state index in [4.69, 9.17) is 4.74 Å². The Bertz CT molecular complexity index is 214. The molecule has 0 saturated carbocycles. The number of carbonyl (C=O) groups is 1. The lowest BCUT2D eigenvalue weighted by atomic mass is 9.78. The molecule has 0 aromatic rings. The van der Waals surface area contributed by atoms with Gasteiger partial charge < -0.3 is 10.1 Å². The normalized spacial score (nSPS) is 32.1. The maximum atomic E-state index is 11.7. The summed E-state index contributed by atoms with van der Waals surface area (Å²) >= 11 is 3.41. The minimum atomic E-state index is -0.101. The largest absolute Gasteiger partial charge is 0.381 e. The second kappa shape index (κ2) is 3.58. The molecular formula is C9H14BrNO2. The average Bonchev–Trinajstić information content (AvgIpc) is 2.45. The van der Waals surface area contributed by atoms with Gasteiger partial charge in [-0.05, 0) is 19.3 Å². The molecule has 3 nitrogen and oxygen atoms in total. The second-order valence-corrected chi connectivity index (χ2v) is 4.57. The average molecular weight is 248 g/mol. The van der Waals surface area contributed by atoms with Gasteiger partial charge in [-0.15, -0.1) is 0 Å². The molecule has 2 saturated heterocycles. The van der Waals surface area contributed by atoms with Crippen molar-refractivity contribution in [1.29, 1.82) is 0 Å². The molecule has 1 spiro atoms. The number of nitrogens with one attached hydrogen (secondary N) is 1. The molecule has 2 aliphatic heterocycles. The van der Waals surface area contributed by atoms with Gasteiger partial charge in [0.1, 0.15) is 0 Å². The maximum absolute atomic E-state index is 11.7. The quantitative estimate of drug-likeness (QED) is 0.705. The lowest BCUT2D eigenvalue weighted by molar-refractivity contribution is -0.132. The molecule has 2 aliphatic rings. The van der Waals surface area contributed by atoms with Gasteiger partial charge in [-0.25, -0.2) is 0 Å². The molecule has 2 fully saturated rings. The molecule has 13 heavy (non-hydrogen) atoms. The van der Waals surface area contributed by atoms with E-state index in [0.29, 0.717) is 6.04 Å². The van der Waals surface area contributed by atoms with Crippen molar-refractivity contribution in [1.82, 2.24) is 5.32 Å². The molecule has 0 radical (unpaired) electrons. The van der Waals surface area contributed by atoms with Gasteiger partial charge in [-0.2, -0.15) is 0 Å².